The van der Waals surface area contributed by atoms with E-state index in [1.807, 2.05) is 6.92 Å². The Bertz CT molecular complexity index is 592. The predicted molar refractivity (Wildman–Crippen MR) is 81.6 cm³/mol. The molecule has 2 rings (SSSR count). The molecule has 4 nitrogen and oxygen atoms in total. The molecule has 20 heavy (non-hydrogen) atoms. The van der Waals surface area contributed by atoms with Crippen LogP contribution in [0.2, 0.25) is 10.0 Å². The molecule has 112 valence electrons. The SMILES string of the molecule is CC1CCCC(CN)N1S(=O)(=O)c1cc(Cl)ccc1Cl. The number of piperidine rings is 1. The summed E-state index contributed by atoms with van der Waals surface area (Å²) < 4.78 is 27.2. The van der Waals surface area contributed by atoms with E-state index in [0.717, 1.165) is 19.3 Å². The van der Waals surface area contributed by atoms with E-state index in [0.29, 0.717) is 11.6 Å². The molecule has 0 radical (unpaired) electrons. The highest BCUT2D eigenvalue weighted by Crippen LogP contribution is 2.33. The predicted octanol–water partition coefficient (Wildman–Crippen LogP) is 2.88. The summed E-state index contributed by atoms with van der Waals surface area (Å²) >= 11 is 11.9. The molecule has 1 heterocycles. The molecule has 0 saturated carbocycles. The third kappa shape index (κ3) is 2.97. The van der Waals surface area contributed by atoms with E-state index in [1.54, 1.807) is 6.07 Å². The molecule has 7 heteroatoms. The standard InChI is InChI=1S/C13H18Cl2N2O2S/c1-9-3-2-4-11(8-16)17(9)20(18,19)13-7-10(14)5-6-12(13)15/h5-7,9,11H,2-4,8,16H2,1H3. The van der Waals surface area contributed by atoms with Crippen molar-refractivity contribution in [1.29, 1.82) is 0 Å². The third-order valence-electron chi connectivity index (χ3n) is 3.67. The first-order valence-electron chi connectivity index (χ1n) is 6.56. The van der Waals surface area contributed by atoms with Gasteiger partial charge in [-0.2, -0.15) is 4.31 Å². The molecule has 0 amide bonds. The van der Waals surface area contributed by atoms with Crippen LogP contribution in [0, 0.1) is 0 Å². The van der Waals surface area contributed by atoms with E-state index in [9.17, 15) is 8.42 Å². The molecule has 1 aliphatic rings. The van der Waals surface area contributed by atoms with Crippen LogP contribution >= 0.6 is 23.2 Å². The average Bonchev–Trinajstić information content (AvgIpc) is 2.40. The summed E-state index contributed by atoms with van der Waals surface area (Å²) in [6, 6.07) is 4.20. The first kappa shape index (κ1) is 16.0. The van der Waals surface area contributed by atoms with Crippen LogP contribution in [0.15, 0.2) is 23.1 Å². The first-order valence-corrected chi connectivity index (χ1v) is 8.76. The van der Waals surface area contributed by atoms with Gasteiger partial charge in [0.2, 0.25) is 10.0 Å². The molecule has 0 spiro atoms. The van der Waals surface area contributed by atoms with Crippen molar-refractivity contribution in [1.82, 2.24) is 4.31 Å². The molecule has 1 aromatic carbocycles. The Kier molecular flexibility index (Phi) is 4.97. The number of hydrogen-bond donors (Lipinski definition) is 1. The van der Waals surface area contributed by atoms with Gasteiger partial charge in [-0.1, -0.05) is 29.6 Å². The van der Waals surface area contributed by atoms with Crippen LogP contribution in [0.1, 0.15) is 26.2 Å². The van der Waals surface area contributed by atoms with Gasteiger partial charge in [0, 0.05) is 23.7 Å². The van der Waals surface area contributed by atoms with Gasteiger partial charge in [0.15, 0.2) is 0 Å². The quantitative estimate of drug-likeness (QED) is 0.922. The van der Waals surface area contributed by atoms with E-state index >= 15 is 0 Å². The summed E-state index contributed by atoms with van der Waals surface area (Å²) in [5.41, 5.74) is 5.73. The van der Waals surface area contributed by atoms with E-state index in [4.69, 9.17) is 28.9 Å². The largest absolute Gasteiger partial charge is 0.329 e. The minimum absolute atomic E-state index is 0.0545. The highest BCUT2D eigenvalue weighted by molar-refractivity contribution is 7.89. The van der Waals surface area contributed by atoms with Gasteiger partial charge in [-0.25, -0.2) is 8.42 Å². The normalized spacial score (nSPS) is 24.8. The monoisotopic (exact) mass is 336 g/mol. The van der Waals surface area contributed by atoms with Crippen molar-refractivity contribution in [2.75, 3.05) is 6.54 Å². The smallest absolute Gasteiger partial charge is 0.245 e. The Morgan fingerprint density at radius 3 is 2.70 bits per heavy atom. The maximum absolute atomic E-state index is 12.9. The van der Waals surface area contributed by atoms with Gasteiger partial charge in [-0.05, 0) is 38.0 Å². The first-order chi connectivity index (χ1) is 9.37. The fourth-order valence-corrected chi connectivity index (χ4v) is 5.33. The van der Waals surface area contributed by atoms with Gasteiger partial charge in [0.05, 0.1) is 5.02 Å². The summed E-state index contributed by atoms with van der Waals surface area (Å²) in [4.78, 5) is 0.0545. The van der Waals surface area contributed by atoms with Gasteiger partial charge in [0.25, 0.3) is 0 Å². The Morgan fingerprint density at radius 1 is 1.35 bits per heavy atom. The number of nitrogens with two attached hydrogens (primary N) is 1. The second-order valence-corrected chi connectivity index (χ2v) is 7.73. The number of halogens is 2. The topological polar surface area (TPSA) is 63.4 Å². The van der Waals surface area contributed by atoms with Crippen molar-refractivity contribution in [3.8, 4) is 0 Å². The molecule has 0 aliphatic carbocycles. The van der Waals surface area contributed by atoms with E-state index < -0.39 is 10.0 Å². The van der Waals surface area contributed by atoms with Crippen molar-refractivity contribution < 1.29 is 8.42 Å². The molecular formula is C13H18Cl2N2O2S. The fraction of sp³-hybridized carbons (Fsp3) is 0.538. The molecule has 1 fully saturated rings. The number of rotatable bonds is 3. The lowest BCUT2D eigenvalue weighted by molar-refractivity contribution is 0.196. The number of hydrogen-bond acceptors (Lipinski definition) is 3. The lowest BCUT2D eigenvalue weighted by Crippen LogP contribution is -2.51. The zero-order valence-electron chi connectivity index (χ0n) is 11.2. The van der Waals surface area contributed by atoms with Crippen molar-refractivity contribution in [3.05, 3.63) is 28.2 Å². The average molecular weight is 337 g/mol. The van der Waals surface area contributed by atoms with Crippen LogP contribution in [0.3, 0.4) is 0 Å². The molecule has 0 aromatic heterocycles. The third-order valence-corrected chi connectivity index (χ3v) is 6.46. The van der Waals surface area contributed by atoms with Crippen LogP contribution in [-0.2, 0) is 10.0 Å². The molecule has 2 unspecified atom stereocenters. The molecule has 2 atom stereocenters. The van der Waals surface area contributed by atoms with Crippen molar-refractivity contribution in [2.24, 2.45) is 5.73 Å². The highest BCUT2D eigenvalue weighted by Gasteiger charge is 2.38. The molecule has 1 aromatic rings. The zero-order valence-corrected chi connectivity index (χ0v) is 13.5. The van der Waals surface area contributed by atoms with Crippen LogP contribution in [0.4, 0.5) is 0 Å². The van der Waals surface area contributed by atoms with Gasteiger partial charge >= 0.3 is 0 Å². The van der Waals surface area contributed by atoms with E-state index in [2.05, 4.69) is 0 Å². The van der Waals surface area contributed by atoms with Gasteiger partial charge in [0.1, 0.15) is 4.90 Å². The molecule has 1 saturated heterocycles. The van der Waals surface area contributed by atoms with Crippen LogP contribution in [0.5, 0.6) is 0 Å². The molecule has 2 N–H and O–H groups in total. The van der Waals surface area contributed by atoms with E-state index in [-0.39, 0.29) is 22.0 Å². The van der Waals surface area contributed by atoms with Gasteiger partial charge in [-0.3, -0.25) is 0 Å². The van der Waals surface area contributed by atoms with Crippen molar-refractivity contribution >= 4 is 33.2 Å². The Labute approximate surface area is 129 Å². The van der Waals surface area contributed by atoms with Gasteiger partial charge in [-0.15, -0.1) is 0 Å². The zero-order chi connectivity index (χ0) is 14.9. The second-order valence-electron chi connectivity index (χ2n) is 5.08. The minimum Gasteiger partial charge on any atom is -0.329 e. The number of sulfonamides is 1. The van der Waals surface area contributed by atoms with Crippen molar-refractivity contribution in [2.45, 2.75) is 43.2 Å². The Hall–Kier alpha value is -0.330. The second kappa shape index (κ2) is 6.20. The van der Waals surface area contributed by atoms with E-state index in [1.165, 1.54) is 16.4 Å². The Balaban J connectivity index is 2.49. The molecule has 0 bridgehead atoms. The fourth-order valence-electron chi connectivity index (χ4n) is 2.71. The summed E-state index contributed by atoms with van der Waals surface area (Å²) in [6.45, 7) is 2.21. The van der Waals surface area contributed by atoms with Crippen molar-refractivity contribution in [3.63, 3.8) is 0 Å². The summed E-state index contributed by atoms with van der Waals surface area (Å²) in [5.74, 6) is 0. The number of benzene rings is 1. The van der Waals surface area contributed by atoms with Crippen LogP contribution < -0.4 is 5.73 Å². The summed E-state index contributed by atoms with van der Waals surface area (Å²) in [7, 11) is -3.69. The summed E-state index contributed by atoms with van der Waals surface area (Å²) in [6.07, 6.45) is 2.59. The lowest BCUT2D eigenvalue weighted by Gasteiger charge is -2.39. The Morgan fingerprint density at radius 2 is 2.05 bits per heavy atom. The lowest BCUT2D eigenvalue weighted by atomic mass is 10.00. The minimum atomic E-state index is -3.69. The highest BCUT2D eigenvalue weighted by atomic mass is 35.5. The number of nitrogens with zero attached hydrogens (tertiary/aromatic N) is 1. The summed E-state index contributed by atoms with van der Waals surface area (Å²) in [5, 5.41) is 0.532. The molecule has 1 aliphatic heterocycles. The van der Waals surface area contributed by atoms with Gasteiger partial charge < -0.3 is 5.73 Å². The van der Waals surface area contributed by atoms with Crippen LogP contribution in [0.25, 0.3) is 0 Å². The maximum atomic E-state index is 12.9. The van der Waals surface area contributed by atoms with Crippen LogP contribution in [-0.4, -0.2) is 31.4 Å². The molecular weight excluding hydrogens is 319 g/mol. The maximum Gasteiger partial charge on any atom is 0.245 e.